The average Bonchev–Trinajstić information content (AvgIpc) is 3.35. The highest BCUT2D eigenvalue weighted by molar-refractivity contribution is 5.76. The second-order valence-corrected chi connectivity index (χ2v) is 22.0. The van der Waals surface area contributed by atoms with Gasteiger partial charge in [0.1, 0.15) is 6.10 Å². The number of amides is 1. The first kappa shape index (κ1) is 67.8. The van der Waals surface area contributed by atoms with E-state index < -0.39 is 18.2 Å². The van der Waals surface area contributed by atoms with Crippen LogP contribution >= 0.6 is 0 Å². The molecule has 1 amide bonds. The van der Waals surface area contributed by atoms with Crippen LogP contribution in [-0.4, -0.2) is 46.1 Å². The zero-order valence-electron chi connectivity index (χ0n) is 47.0. The molecule has 0 rings (SSSR count). The van der Waals surface area contributed by atoms with Gasteiger partial charge in [0.15, 0.2) is 0 Å². The number of aliphatic hydroxyl groups is 3. The Balaban J connectivity index is 3.48. The molecule has 0 aliphatic heterocycles. The van der Waals surface area contributed by atoms with Gasteiger partial charge in [-0.25, -0.2) is 0 Å². The Bertz CT molecular complexity index is 1030. The molecule has 0 aliphatic rings. The molecule has 5 heteroatoms. The predicted molar refractivity (Wildman–Crippen MR) is 305 cm³/mol. The summed E-state index contributed by atoms with van der Waals surface area (Å²) in [5.41, 5.74) is 0. The van der Waals surface area contributed by atoms with Gasteiger partial charge in [0, 0.05) is 6.42 Å². The van der Waals surface area contributed by atoms with E-state index in [1.165, 1.54) is 283 Å². The lowest BCUT2D eigenvalue weighted by Crippen LogP contribution is -2.50. The fourth-order valence-corrected chi connectivity index (χ4v) is 10.2. The summed E-state index contributed by atoms with van der Waals surface area (Å²) in [5, 5.41) is 33.8. The predicted octanol–water partition coefficient (Wildman–Crippen LogP) is 20.0. The molecule has 0 heterocycles. The van der Waals surface area contributed by atoms with Crippen molar-refractivity contribution in [2.24, 2.45) is 0 Å². The SMILES string of the molecule is CCCCCCCCCCCCC/C=C/CC/C=C/CCCC(O)C(O)C(CO)NC(=O)CCCCCCCCCCCCCCCCCCCCCCCCCCCCCCCCCCCCC. The maximum absolute atomic E-state index is 12.5. The van der Waals surface area contributed by atoms with Crippen molar-refractivity contribution in [1.82, 2.24) is 5.32 Å². The summed E-state index contributed by atoms with van der Waals surface area (Å²) < 4.78 is 0. The number of rotatable bonds is 59. The lowest BCUT2D eigenvalue weighted by molar-refractivity contribution is -0.124. The molecule has 0 aromatic heterocycles. The number of hydrogen-bond acceptors (Lipinski definition) is 4. The van der Waals surface area contributed by atoms with Crippen LogP contribution in [0.25, 0.3) is 0 Å². The molecule has 0 saturated heterocycles. The van der Waals surface area contributed by atoms with Crippen LogP contribution in [0.1, 0.15) is 354 Å². The summed E-state index contributed by atoms with van der Waals surface area (Å²) in [6.07, 6.45) is 76.6. The van der Waals surface area contributed by atoms with E-state index in [9.17, 15) is 20.1 Å². The van der Waals surface area contributed by atoms with Crippen molar-refractivity contribution in [3.63, 3.8) is 0 Å². The minimum absolute atomic E-state index is 0.151. The van der Waals surface area contributed by atoms with Crippen molar-refractivity contribution in [3.05, 3.63) is 24.3 Å². The molecule has 3 atom stereocenters. The Morgan fingerprint density at radius 1 is 0.348 bits per heavy atom. The van der Waals surface area contributed by atoms with Crippen molar-refractivity contribution >= 4 is 5.91 Å². The highest BCUT2D eigenvalue weighted by Gasteiger charge is 2.26. The number of aliphatic hydroxyl groups excluding tert-OH is 3. The van der Waals surface area contributed by atoms with Gasteiger partial charge >= 0.3 is 0 Å². The summed E-state index contributed by atoms with van der Waals surface area (Å²) in [7, 11) is 0. The molecule has 0 bridgehead atoms. The quantitative estimate of drug-likeness (QED) is 0.0361. The standard InChI is InChI=1S/C64H125NO4/c1-3-5-7-9-11-13-15-17-19-21-23-25-26-27-28-29-30-31-32-33-34-35-36-37-38-39-41-43-45-47-49-51-53-55-57-59-63(68)65-61(60-66)64(69)62(67)58-56-54-52-50-48-46-44-42-40-24-22-20-18-16-14-12-10-8-6-4-2/h42,44,50,52,61-62,64,66-67,69H,3-41,43,45-49,51,53-60H2,1-2H3,(H,65,68)/b44-42+,52-50+. The highest BCUT2D eigenvalue weighted by Crippen LogP contribution is 2.19. The van der Waals surface area contributed by atoms with Crippen LogP contribution < -0.4 is 5.32 Å². The molecule has 0 spiro atoms. The Hall–Kier alpha value is -1.17. The lowest BCUT2D eigenvalue weighted by Gasteiger charge is -2.26. The van der Waals surface area contributed by atoms with Crippen molar-refractivity contribution in [2.75, 3.05) is 6.61 Å². The number of unbranched alkanes of at least 4 members (excludes halogenated alkanes) is 47. The second-order valence-electron chi connectivity index (χ2n) is 22.0. The van der Waals surface area contributed by atoms with Crippen molar-refractivity contribution in [1.29, 1.82) is 0 Å². The van der Waals surface area contributed by atoms with Gasteiger partial charge < -0.3 is 20.6 Å². The summed E-state index contributed by atoms with van der Waals surface area (Å²) >= 11 is 0. The van der Waals surface area contributed by atoms with Crippen LogP contribution in [-0.2, 0) is 4.79 Å². The first-order valence-corrected chi connectivity index (χ1v) is 31.6. The van der Waals surface area contributed by atoms with Gasteiger partial charge in [0.2, 0.25) is 5.91 Å². The molecular formula is C64H125NO4. The van der Waals surface area contributed by atoms with Gasteiger partial charge in [-0.05, 0) is 51.4 Å². The van der Waals surface area contributed by atoms with Crippen LogP contribution in [0.4, 0.5) is 0 Å². The molecule has 4 N–H and O–H groups in total. The molecule has 0 aromatic rings. The number of carbonyl (C=O) groups is 1. The number of carbonyl (C=O) groups excluding carboxylic acids is 1. The zero-order chi connectivity index (χ0) is 50.0. The van der Waals surface area contributed by atoms with Gasteiger partial charge in [-0.3, -0.25) is 4.79 Å². The number of hydrogen-bond donors (Lipinski definition) is 4. The van der Waals surface area contributed by atoms with Crippen LogP contribution in [0.3, 0.4) is 0 Å². The van der Waals surface area contributed by atoms with Gasteiger partial charge in [-0.2, -0.15) is 0 Å². The molecule has 3 unspecified atom stereocenters. The molecule has 5 nitrogen and oxygen atoms in total. The van der Waals surface area contributed by atoms with Crippen molar-refractivity contribution in [2.45, 2.75) is 372 Å². The van der Waals surface area contributed by atoms with E-state index in [0.717, 1.165) is 44.9 Å². The van der Waals surface area contributed by atoms with Gasteiger partial charge in [0.25, 0.3) is 0 Å². The molecule has 410 valence electrons. The summed E-state index contributed by atoms with van der Waals surface area (Å²) in [5.74, 6) is -0.151. The molecule has 0 aromatic carbocycles. The highest BCUT2D eigenvalue weighted by atomic mass is 16.3. The first-order valence-electron chi connectivity index (χ1n) is 31.6. The first-order chi connectivity index (χ1) is 34.1. The summed E-state index contributed by atoms with van der Waals surface area (Å²) in [6, 6.07) is -0.831. The average molecular weight is 973 g/mol. The monoisotopic (exact) mass is 972 g/mol. The van der Waals surface area contributed by atoms with E-state index in [2.05, 4.69) is 43.5 Å². The number of allylic oxidation sites excluding steroid dienone is 4. The van der Waals surface area contributed by atoms with Crippen LogP contribution in [0.5, 0.6) is 0 Å². The van der Waals surface area contributed by atoms with Crippen molar-refractivity contribution in [3.8, 4) is 0 Å². The van der Waals surface area contributed by atoms with Gasteiger partial charge in [-0.1, -0.05) is 321 Å². The second kappa shape index (κ2) is 59.4. The maximum Gasteiger partial charge on any atom is 0.220 e. The smallest absolute Gasteiger partial charge is 0.220 e. The Morgan fingerprint density at radius 3 is 0.884 bits per heavy atom. The molecule has 0 saturated carbocycles. The topological polar surface area (TPSA) is 89.8 Å². The Kier molecular flexibility index (Phi) is 58.4. The third-order valence-electron chi connectivity index (χ3n) is 15.0. The van der Waals surface area contributed by atoms with Gasteiger partial charge in [0.05, 0.1) is 18.8 Å². The normalized spacial score (nSPS) is 13.3. The fourth-order valence-electron chi connectivity index (χ4n) is 10.2. The van der Waals surface area contributed by atoms with E-state index in [1.807, 2.05) is 0 Å². The van der Waals surface area contributed by atoms with E-state index in [0.29, 0.717) is 12.8 Å². The third-order valence-corrected chi connectivity index (χ3v) is 15.0. The minimum Gasteiger partial charge on any atom is -0.394 e. The maximum atomic E-state index is 12.5. The van der Waals surface area contributed by atoms with Crippen LogP contribution in [0.2, 0.25) is 0 Å². The van der Waals surface area contributed by atoms with Crippen molar-refractivity contribution < 1.29 is 20.1 Å². The fraction of sp³-hybridized carbons (Fsp3) is 0.922. The molecule has 0 aliphatic carbocycles. The third kappa shape index (κ3) is 54.4. The summed E-state index contributed by atoms with van der Waals surface area (Å²) in [6.45, 7) is 4.21. The number of nitrogens with one attached hydrogen (secondary N) is 1. The van der Waals surface area contributed by atoms with Crippen LogP contribution in [0.15, 0.2) is 24.3 Å². The Labute approximate surface area is 432 Å². The minimum atomic E-state index is -1.17. The van der Waals surface area contributed by atoms with E-state index in [1.54, 1.807) is 0 Å². The lowest BCUT2D eigenvalue weighted by atomic mass is 10.0. The molecule has 0 fully saturated rings. The van der Waals surface area contributed by atoms with E-state index in [4.69, 9.17) is 0 Å². The molecule has 69 heavy (non-hydrogen) atoms. The zero-order valence-corrected chi connectivity index (χ0v) is 47.0. The van der Waals surface area contributed by atoms with E-state index >= 15 is 0 Å². The Morgan fingerprint density at radius 2 is 0.594 bits per heavy atom. The molecule has 0 radical (unpaired) electrons. The van der Waals surface area contributed by atoms with Gasteiger partial charge in [-0.15, -0.1) is 0 Å². The van der Waals surface area contributed by atoms with E-state index in [-0.39, 0.29) is 12.5 Å². The largest absolute Gasteiger partial charge is 0.394 e. The summed E-state index contributed by atoms with van der Waals surface area (Å²) in [4.78, 5) is 12.5. The molecular weight excluding hydrogens is 847 g/mol. The van der Waals surface area contributed by atoms with Crippen LogP contribution in [0, 0.1) is 0 Å².